The molecule has 4 aromatic carbocycles. The Morgan fingerprint density at radius 2 is 1.40 bits per heavy atom. The summed E-state index contributed by atoms with van der Waals surface area (Å²) in [5.41, 5.74) is 3.94. The van der Waals surface area contributed by atoms with Gasteiger partial charge in [0.2, 0.25) is 0 Å². The van der Waals surface area contributed by atoms with Gasteiger partial charge in [0.05, 0.1) is 24.4 Å². The molecular weight excluding hydrogens is 528 g/mol. The number of anilines is 3. The van der Waals surface area contributed by atoms with Gasteiger partial charge in [-0.1, -0.05) is 60.7 Å². The van der Waals surface area contributed by atoms with Gasteiger partial charge in [0.15, 0.2) is 6.61 Å². The van der Waals surface area contributed by atoms with Crippen molar-refractivity contribution in [3.8, 4) is 11.5 Å². The Labute approximate surface area is 246 Å². The minimum atomic E-state index is -0.305. The largest absolute Gasteiger partial charge is 0.495 e. The second-order valence-corrected chi connectivity index (χ2v) is 10.1. The summed E-state index contributed by atoms with van der Waals surface area (Å²) in [6, 6.07) is 32.3. The van der Waals surface area contributed by atoms with Crippen LogP contribution >= 0.6 is 0 Å². The van der Waals surface area contributed by atoms with Gasteiger partial charge in [-0.25, -0.2) is 0 Å². The van der Waals surface area contributed by atoms with E-state index in [1.807, 2.05) is 85.8 Å². The van der Waals surface area contributed by atoms with Gasteiger partial charge < -0.3 is 29.9 Å². The van der Waals surface area contributed by atoms with Crippen molar-refractivity contribution in [2.75, 3.05) is 55.0 Å². The van der Waals surface area contributed by atoms with Crippen molar-refractivity contribution in [2.24, 2.45) is 0 Å². The van der Waals surface area contributed by atoms with Crippen LogP contribution in [0.4, 0.5) is 17.1 Å². The number of hydrogen-bond donors (Lipinski definition) is 2. The highest BCUT2D eigenvalue weighted by Crippen LogP contribution is 2.31. The van der Waals surface area contributed by atoms with Crippen LogP contribution in [-0.4, -0.2) is 51.7 Å². The zero-order valence-corrected chi connectivity index (χ0v) is 24.0. The van der Waals surface area contributed by atoms with E-state index in [2.05, 4.69) is 26.5 Å². The van der Waals surface area contributed by atoms with Gasteiger partial charge in [0, 0.05) is 37.6 Å². The smallest absolute Gasteiger partial charge is 0.262 e. The number of nitrogens with zero attached hydrogens (tertiary/aromatic N) is 2. The van der Waals surface area contributed by atoms with Crippen molar-refractivity contribution in [1.82, 2.24) is 5.32 Å². The van der Waals surface area contributed by atoms with Crippen LogP contribution in [0.2, 0.25) is 0 Å². The Kier molecular flexibility index (Phi) is 9.23. The Hall–Kier alpha value is -4.98. The van der Waals surface area contributed by atoms with E-state index in [4.69, 9.17) is 9.47 Å². The van der Waals surface area contributed by atoms with Gasteiger partial charge in [-0.3, -0.25) is 9.59 Å². The zero-order valence-electron chi connectivity index (χ0n) is 24.0. The number of ether oxygens (including phenoxy) is 2. The van der Waals surface area contributed by atoms with E-state index in [9.17, 15) is 9.59 Å². The van der Waals surface area contributed by atoms with E-state index < -0.39 is 0 Å². The molecular formula is C34H36N4O4. The summed E-state index contributed by atoms with van der Waals surface area (Å²) >= 11 is 0. The highest BCUT2D eigenvalue weighted by molar-refractivity contribution is 6.02. The van der Waals surface area contributed by atoms with Gasteiger partial charge in [-0.15, -0.1) is 0 Å². The second kappa shape index (κ2) is 13.6. The van der Waals surface area contributed by atoms with Crippen LogP contribution in [0.5, 0.6) is 11.5 Å². The minimum absolute atomic E-state index is 0.136. The lowest BCUT2D eigenvalue weighted by molar-refractivity contribution is -0.118. The standard InChI is InChI=1S/C34H36N4O4/c1-25(26-11-5-3-6-12-26)35-34(40)29-23-27(36-33(39)24-42-28-13-7-4-8-14-28)17-18-30(29)37-19-21-38(22-20-37)31-15-9-10-16-32(31)41-2/h3-18,23,25H,19-22,24H2,1-2H3,(H,35,40)(H,36,39). The fraction of sp³-hybridized carbons (Fsp3) is 0.235. The third kappa shape index (κ3) is 7.01. The molecule has 0 spiro atoms. The number of para-hydroxylation sites is 3. The number of carbonyl (C=O) groups is 2. The van der Waals surface area contributed by atoms with Gasteiger partial charge in [0.1, 0.15) is 11.5 Å². The molecule has 2 amide bonds. The number of piperazine rings is 1. The first kappa shape index (κ1) is 28.5. The molecule has 1 atom stereocenters. The molecule has 0 radical (unpaired) electrons. The molecule has 1 aliphatic heterocycles. The molecule has 2 N–H and O–H groups in total. The number of methoxy groups -OCH3 is 1. The van der Waals surface area contributed by atoms with E-state index in [1.165, 1.54) is 0 Å². The van der Waals surface area contributed by atoms with Crippen LogP contribution in [0.25, 0.3) is 0 Å². The first-order chi connectivity index (χ1) is 20.5. The van der Waals surface area contributed by atoms with Crippen LogP contribution in [0.3, 0.4) is 0 Å². The molecule has 8 heteroatoms. The Balaban J connectivity index is 1.33. The monoisotopic (exact) mass is 564 g/mol. The Bertz CT molecular complexity index is 1490. The highest BCUT2D eigenvalue weighted by atomic mass is 16.5. The second-order valence-electron chi connectivity index (χ2n) is 10.1. The quantitative estimate of drug-likeness (QED) is 0.264. The van der Waals surface area contributed by atoms with E-state index in [0.29, 0.717) is 17.0 Å². The maximum Gasteiger partial charge on any atom is 0.262 e. The molecule has 1 heterocycles. The van der Waals surface area contributed by atoms with E-state index in [-0.39, 0.29) is 24.5 Å². The summed E-state index contributed by atoms with van der Waals surface area (Å²) in [7, 11) is 1.69. The highest BCUT2D eigenvalue weighted by Gasteiger charge is 2.24. The van der Waals surface area contributed by atoms with Crippen molar-refractivity contribution in [1.29, 1.82) is 0 Å². The zero-order chi connectivity index (χ0) is 29.3. The van der Waals surface area contributed by atoms with Crippen molar-refractivity contribution in [2.45, 2.75) is 13.0 Å². The number of carbonyl (C=O) groups excluding carboxylic acids is 2. The number of amides is 2. The van der Waals surface area contributed by atoms with Gasteiger partial charge in [-0.2, -0.15) is 0 Å². The molecule has 1 unspecified atom stereocenters. The fourth-order valence-corrected chi connectivity index (χ4v) is 5.11. The van der Waals surface area contributed by atoms with Crippen LogP contribution in [0.15, 0.2) is 103 Å². The summed E-state index contributed by atoms with van der Waals surface area (Å²) in [4.78, 5) is 30.9. The third-order valence-corrected chi connectivity index (χ3v) is 7.33. The minimum Gasteiger partial charge on any atom is -0.495 e. The number of rotatable bonds is 10. The SMILES string of the molecule is COc1ccccc1N1CCN(c2ccc(NC(=O)COc3ccccc3)cc2C(=O)NC(C)c2ccccc2)CC1. The van der Waals surface area contributed by atoms with Crippen molar-refractivity contribution in [3.63, 3.8) is 0 Å². The van der Waals surface area contributed by atoms with Crippen LogP contribution in [-0.2, 0) is 4.79 Å². The summed E-state index contributed by atoms with van der Waals surface area (Å²) < 4.78 is 11.2. The molecule has 0 aromatic heterocycles. The van der Waals surface area contributed by atoms with Crippen LogP contribution in [0.1, 0.15) is 28.9 Å². The van der Waals surface area contributed by atoms with E-state index in [0.717, 1.165) is 48.9 Å². The lowest BCUT2D eigenvalue weighted by Crippen LogP contribution is -2.47. The van der Waals surface area contributed by atoms with Gasteiger partial charge in [-0.05, 0) is 55.0 Å². The predicted molar refractivity (Wildman–Crippen MR) is 167 cm³/mol. The molecule has 216 valence electrons. The molecule has 1 aliphatic rings. The molecule has 0 bridgehead atoms. The molecule has 0 saturated carbocycles. The summed E-state index contributed by atoms with van der Waals surface area (Å²) in [5.74, 6) is 0.952. The van der Waals surface area contributed by atoms with E-state index >= 15 is 0 Å². The normalized spacial score (nSPS) is 13.7. The lowest BCUT2D eigenvalue weighted by Gasteiger charge is -2.38. The van der Waals surface area contributed by atoms with Crippen LogP contribution in [0, 0.1) is 0 Å². The maximum atomic E-state index is 13.7. The predicted octanol–water partition coefficient (Wildman–Crippen LogP) is 5.53. The molecule has 4 aromatic rings. The summed E-state index contributed by atoms with van der Waals surface area (Å²) in [5, 5.41) is 6.02. The van der Waals surface area contributed by atoms with Crippen molar-refractivity contribution >= 4 is 28.9 Å². The number of benzene rings is 4. The first-order valence-corrected chi connectivity index (χ1v) is 14.1. The topological polar surface area (TPSA) is 83.1 Å². The molecule has 1 saturated heterocycles. The van der Waals surface area contributed by atoms with Gasteiger partial charge >= 0.3 is 0 Å². The van der Waals surface area contributed by atoms with Crippen LogP contribution < -0.4 is 29.9 Å². The third-order valence-electron chi connectivity index (χ3n) is 7.33. The number of nitrogens with one attached hydrogen (secondary N) is 2. The summed E-state index contributed by atoms with van der Waals surface area (Å²) in [6.07, 6.45) is 0. The van der Waals surface area contributed by atoms with Crippen molar-refractivity contribution in [3.05, 3.63) is 114 Å². The Morgan fingerprint density at radius 3 is 2.10 bits per heavy atom. The summed E-state index contributed by atoms with van der Waals surface area (Å²) in [6.45, 7) is 4.83. The van der Waals surface area contributed by atoms with Gasteiger partial charge in [0.25, 0.3) is 11.8 Å². The molecule has 42 heavy (non-hydrogen) atoms. The average molecular weight is 565 g/mol. The van der Waals surface area contributed by atoms with Crippen molar-refractivity contribution < 1.29 is 19.1 Å². The van der Waals surface area contributed by atoms with E-state index in [1.54, 1.807) is 25.3 Å². The molecule has 0 aliphatic carbocycles. The molecule has 8 nitrogen and oxygen atoms in total. The molecule has 1 fully saturated rings. The average Bonchev–Trinajstić information content (AvgIpc) is 3.04. The first-order valence-electron chi connectivity index (χ1n) is 14.1. The molecule has 5 rings (SSSR count). The fourth-order valence-electron chi connectivity index (χ4n) is 5.11. The Morgan fingerprint density at radius 1 is 0.786 bits per heavy atom. The maximum absolute atomic E-state index is 13.7. The number of hydrogen-bond acceptors (Lipinski definition) is 6. The lowest BCUT2D eigenvalue weighted by atomic mass is 10.1.